The maximum atomic E-state index is 13.1. The molecule has 0 atom stereocenters. The van der Waals surface area contributed by atoms with Gasteiger partial charge in [0.25, 0.3) is 11.8 Å². The van der Waals surface area contributed by atoms with Crippen molar-refractivity contribution >= 4 is 67.1 Å². The minimum atomic E-state index is -0.579. The average Bonchev–Trinajstić information content (AvgIpc) is 3.25. The number of amides is 2. The summed E-state index contributed by atoms with van der Waals surface area (Å²) in [5.41, 5.74) is 0.695. The van der Waals surface area contributed by atoms with E-state index in [1.54, 1.807) is 25.7 Å². The van der Waals surface area contributed by atoms with E-state index in [2.05, 4.69) is 5.32 Å². The Morgan fingerprint density at radius 2 is 1.75 bits per heavy atom. The van der Waals surface area contributed by atoms with Crippen LogP contribution in [0, 0.1) is 6.92 Å². The van der Waals surface area contributed by atoms with Crippen LogP contribution in [0.25, 0.3) is 10.1 Å². The van der Waals surface area contributed by atoms with E-state index in [4.69, 9.17) is 16.3 Å². The molecule has 0 unspecified atom stereocenters. The Bertz CT molecular complexity index is 1180. The van der Waals surface area contributed by atoms with Crippen molar-refractivity contribution in [2.24, 2.45) is 0 Å². The van der Waals surface area contributed by atoms with Gasteiger partial charge in [-0.25, -0.2) is 4.79 Å². The molecule has 0 fully saturated rings. The number of nitrogens with zero attached hydrogens (tertiary/aromatic N) is 1. The SMILES string of the molecule is CCN(CC)C(=O)c1sc(NC(=O)c2sc3ccccc3c2Cl)c(C(=O)OC(C)C)c1C. The summed E-state index contributed by atoms with van der Waals surface area (Å²) < 4.78 is 6.28. The number of thiophene rings is 2. The molecule has 3 aromatic rings. The first-order chi connectivity index (χ1) is 15.2. The quantitative estimate of drug-likeness (QED) is 0.397. The van der Waals surface area contributed by atoms with Crippen LogP contribution in [0.5, 0.6) is 0 Å². The van der Waals surface area contributed by atoms with E-state index in [1.165, 1.54) is 11.3 Å². The average molecular weight is 493 g/mol. The Morgan fingerprint density at radius 3 is 2.34 bits per heavy atom. The lowest BCUT2D eigenvalue weighted by atomic mass is 10.1. The molecule has 0 spiro atoms. The number of benzene rings is 1. The van der Waals surface area contributed by atoms with Crippen LogP contribution >= 0.6 is 34.3 Å². The first kappa shape index (κ1) is 24.2. The van der Waals surface area contributed by atoms with Crippen molar-refractivity contribution in [3.63, 3.8) is 0 Å². The van der Waals surface area contributed by atoms with Gasteiger partial charge in [0, 0.05) is 23.2 Å². The number of nitrogens with one attached hydrogen (secondary N) is 1. The summed E-state index contributed by atoms with van der Waals surface area (Å²) in [5, 5.41) is 4.25. The van der Waals surface area contributed by atoms with Crippen molar-refractivity contribution in [2.45, 2.75) is 40.7 Å². The number of ether oxygens (including phenoxy) is 1. The van der Waals surface area contributed by atoms with Gasteiger partial charge in [0.2, 0.25) is 0 Å². The Balaban J connectivity index is 2.04. The molecule has 0 aliphatic rings. The van der Waals surface area contributed by atoms with Crippen molar-refractivity contribution < 1.29 is 19.1 Å². The van der Waals surface area contributed by atoms with E-state index >= 15 is 0 Å². The molecular formula is C23H25ClN2O4S2. The minimum absolute atomic E-state index is 0.184. The third-order valence-electron chi connectivity index (χ3n) is 4.91. The first-order valence-corrected chi connectivity index (χ1v) is 12.3. The molecule has 2 heterocycles. The van der Waals surface area contributed by atoms with E-state index in [9.17, 15) is 14.4 Å². The number of carbonyl (C=O) groups is 3. The first-order valence-electron chi connectivity index (χ1n) is 10.3. The van der Waals surface area contributed by atoms with Crippen LogP contribution in [0.3, 0.4) is 0 Å². The highest BCUT2D eigenvalue weighted by Gasteiger charge is 2.29. The van der Waals surface area contributed by atoms with Crippen LogP contribution in [0.15, 0.2) is 24.3 Å². The van der Waals surface area contributed by atoms with E-state index < -0.39 is 11.9 Å². The summed E-state index contributed by atoms with van der Waals surface area (Å²) >= 11 is 8.81. The highest BCUT2D eigenvalue weighted by atomic mass is 35.5. The molecule has 6 nitrogen and oxygen atoms in total. The van der Waals surface area contributed by atoms with Crippen LogP contribution < -0.4 is 5.32 Å². The van der Waals surface area contributed by atoms with Gasteiger partial charge in [-0.2, -0.15) is 0 Å². The molecule has 1 N–H and O–H groups in total. The van der Waals surface area contributed by atoms with Gasteiger partial charge in [-0.3, -0.25) is 9.59 Å². The lowest BCUT2D eigenvalue weighted by Crippen LogP contribution is -2.30. The Morgan fingerprint density at radius 1 is 1.09 bits per heavy atom. The van der Waals surface area contributed by atoms with E-state index in [-0.39, 0.29) is 22.6 Å². The Labute approximate surface area is 200 Å². The largest absolute Gasteiger partial charge is 0.459 e. The van der Waals surface area contributed by atoms with E-state index in [0.717, 1.165) is 21.4 Å². The third-order valence-corrected chi connectivity index (χ3v) is 7.78. The van der Waals surface area contributed by atoms with Crippen LogP contribution in [0.2, 0.25) is 5.02 Å². The number of hydrogen-bond donors (Lipinski definition) is 1. The molecule has 0 saturated heterocycles. The highest BCUT2D eigenvalue weighted by molar-refractivity contribution is 7.22. The van der Waals surface area contributed by atoms with Gasteiger partial charge < -0.3 is 15.0 Å². The number of anilines is 1. The van der Waals surface area contributed by atoms with Gasteiger partial charge in [-0.05, 0) is 46.2 Å². The molecular weight excluding hydrogens is 468 g/mol. The molecule has 0 saturated carbocycles. The molecule has 9 heteroatoms. The number of esters is 1. The van der Waals surface area contributed by atoms with Crippen molar-refractivity contribution in [1.29, 1.82) is 0 Å². The maximum absolute atomic E-state index is 13.1. The van der Waals surface area contributed by atoms with Crippen LogP contribution in [0.1, 0.15) is 63.0 Å². The molecule has 1 aromatic carbocycles. The zero-order valence-electron chi connectivity index (χ0n) is 18.6. The minimum Gasteiger partial charge on any atom is -0.459 e. The summed E-state index contributed by atoms with van der Waals surface area (Å²) in [6.45, 7) is 10.1. The summed E-state index contributed by atoms with van der Waals surface area (Å²) in [6.07, 6.45) is -0.343. The van der Waals surface area contributed by atoms with Crippen molar-refractivity contribution in [2.75, 3.05) is 18.4 Å². The predicted molar refractivity (Wildman–Crippen MR) is 132 cm³/mol. The Hall–Kier alpha value is -2.42. The lowest BCUT2D eigenvalue weighted by Gasteiger charge is -2.18. The zero-order valence-corrected chi connectivity index (χ0v) is 21.0. The smallest absolute Gasteiger partial charge is 0.341 e. The van der Waals surface area contributed by atoms with E-state index in [0.29, 0.717) is 33.4 Å². The summed E-state index contributed by atoms with van der Waals surface area (Å²) in [4.78, 5) is 41.4. The fraction of sp³-hybridized carbons (Fsp3) is 0.348. The molecule has 0 aliphatic heterocycles. The van der Waals surface area contributed by atoms with E-state index in [1.807, 2.05) is 38.1 Å². The maximum Gasteiger partial charge on any atom is 0.341 e. The van der Waals surface area contributed by atoms with Crippen molar-refractivity contribution in [3.05, 3.63) is 50.2 Å². The van der Waals surface area contributed by atoms with Gasteiger partial charge in [-0.1, -0.05) is 29.8 Å². The second-order valence-corrected chi connectivity index (χ2v) is 9.84. The molecule has 0 bridgehead atoms. The highest BCUT2D eigenvalue weighted by Crippen LogP contribution is 2.38. The van der Waals surface area contributed by atoms with Gasteiger partial charge in [0.1, 0.15) is 9.88 Å². The van der Waals surface area contributed by atoms with Crippen molar-refractivity contribution in [3.8, 4) is 0 Å². The molecule has 170 valence electrons. The number of carbonyl (C=O) groups excluding carboxylic acids is 3. The summed E-state index contributed by atoms with van der Waals surface area (Å²) in [7, 11) is 0. The molecule has 0 aliphatic carbocycles. The molecule has 32 heavy (non-hydrogen) atoms. The lowest BCUT2D eigenvalue weighted by molar-refractivity contribution is 0.0379. The van der Waals surface area contributed by atoms with Crippen LogP contribution in [-0.2, 0) is 4.74 Å². The molecule has 3 rings (SSSR count). The Kier molecular flexibility index (Phi) is 7.59. The van der Waals surface area contributed by atoms with Gasteiger partial charge >= 0.3 is 5.97 Å². The number of rotatable bonds is 7. The fourth-order valence-corrected chi connectivity index (χ4v) is 5.87. The standard InChI is InChI=1S/C23H25ClN2O4S2/c1-6-26(7-2)22(28)18-13(5)16(23(29)30-12(3)4)21(32-18)25-20(27)19-17(24)14-10-8-9-11-15(14)31-19/h8-12H,6-7H2,1-5H3,(H,25,27). The normalized spacial score (nSPS) is 11.1. The van der Waals surface area contributed by atoms with Crippen LogP contribution in [-0.4, -0.2) is 41.9 Å². The number of halogens is 1. The van der Waals surface area contributed by atoms with Gasteiger partial charge in [0.15, 0.2) is 0 Å². The topological polar surface area (TPSA) is 75.7 Å². The number of hydrogen-bond acceptors (Lipinski definition) is 6. The monoisotopic (exact) mass is 492 g/mol. The molecule has 2 amide bonds. The van der Waals surface area contributed by atoms with Gasteiger partial charge in [0.05, 0.1) is 21.6 Å². The summed E-state index contributed by atoms with van der Waals surface area (Å²) in [5.74, 6) is -1.19. The zero-order chi connectivity index (χ0) is 23.6. The fourth-order valence-electron chi connectivity index (χ4n) is 3.30. The summed E-state index contributed by atoms with van der Waals surface area (Å²) in [6, 6.07) is 7.48. The second kappa shape index (κ2) is 10.0. The second-order valence-electron chi connectivity index (χ2n) is 7.39. The van der Waals surface area contributed by atoms with Crippen LogP contribution in [0.4, 0.5) is 5.00 Å². The molecule has 0 radical (unpaired) electrons. The third kappa shape index (κ3) is 4.67. The molecule has 2 aromatic heterocycles. The number of fused-ring (bicyclic) bond motifs is 1. The van der Waals surface area contributed by atoms with Gasteiger partial charge in [-0.15, -0.1) is 22.7 Å². The predicted octanol–water partition coefficient (Wildman–Crippen LogP) is 6.22. The van der Waals surface area contributed by atoms with Crippen molar-refractivity contribution in [1.82, 2.24) is 4.90 Å².